The summed E-state index contributed by atoms with van der Waals surface area (Å²) in [5.74, 6) is 2.00. The molecule has 2 aliphatic heterocycles. The smallest absolute Gasteiger partial charge is 0.182 e. The van der Waals surface area contributed by atoms with Gasteiger partial charge in [0.2, 0.25) is 0 Å². The topological polar surface area (TPSA) is 41.9 Å². The maximum atomic E-state index is 5.26. The van der Waals surface area contributed by atoms with E-state index in [1.54, 1.807) is 0 Å². The number of benzene rings is 9. The zero-order chi connectivity index (χ0) is 41.0. The van der Waals surface area contributed by atoms with Gasteiger partial charge in [0.25, 0.3) is 0 Å². The van der Waals surface area contributed by atoms with Crippen molar-refractivity contribution in [3.8, 4) is 67.5 Å². The van der Waals surface area contributed by atoms with Crippen LogP contribution in [0.3, 0.4) is 0 Å². The van der Waals surface area contributed by atoms with Crippen molar-refractivity contribution in [3.05, 3.63) is 231 Å². The second-order valence-corrected chi connectivity index (χ2v) is 19.5. The van der Waals surface area contributed by atoms with Gasteiger partial charge in [0, 0.05) is 33.8 Å². The zero-order valence-electron chi connectivity index (χ0n) is 33.7. The maximum absolute atomic E-state index is 5.26. The summed E-state index contributed by atoms with van der Waals surface area (Å²) in [7, 11) is -2.83. The quantitative estimate of drug-likeness (QED) is 0.150. The summed E-state index contributed by atoms with van der Waals surface area (Å²) >= 11 is 0. The fourth-order valence-corrected chi connectivity index (χ4v) is 15.6. The fourth-order valence-electron chi connectivity index (χ4n) is 9.98. The van der Waals surface area contributed by atoms with Crippen molar-refractivity contribution in [2.45, 2.75) is 0 Å². The van der Waals surface area contributed by atoms with Crippen LogP contribution in [0.2, 0.25) is 0 Å². The van der Waals surface area contributed by atoms with Gasteiger partial charge in [-0.25, -0.2) is 15.0 Å². The molecular formula is C57H38N4Si. The van der Waals surface area contributed by atoms with E-state index in [-0.39, 0.29) is 0 Å². The van der Waals surface area contributed by atoms with E-state index in [1.807, 2.05) is 36.4 Å². The molecular weight excluding hydrogens is 769 g/mol. The maximum Gasteiger partial charge on any atom is 0.182 e. The summed E-state index contributed by atoms with van der Waals surface area (Å²) in [5.41, 5.74) is 13.9. The number of fused-ring (bicyclic) bond motifs is 10. The number of hydrogen-bond donors (Lipinski definition) is 0. The Labute approximate surface area is 362 Å². The molecule has 0 aliphatic carbocycles. The highest BCUT2D eigenvalue weighted by Crippen LogP contribution is 2.43. The van der Waals surface area contributed by atoms with E-state index in [0.717, 1.165) is 33.8 Å². The average molecular weight is 807 g/mol. The third-order valence-electron chi connectivity index (χ3n) is 12.5. The fraction of sp³-hybridized carbons (Fsp3) is 0. The first-order chi connectivity index (χ1) is 30.8. The third kappa shape index (κ3) is 5.56. The van der Waals surface area contributed by atoms with Crippen LogP contribution < -0.4 is 25.6 Å². The van der Waals surface area contributed by atoms with Crippen molar-refractivity contribution in [2.75, 3.05) is 4.90 Å². The minimum atomic E-state index is -2.83. The van der Waals surface area contributed by atoms with E-state index in [4.69, 9.17) is 15.0 Å². The number of rotatable bonds is 7. The molecule has 9 aromatic carbocycles. The number of anilines is 3. The predicted molar refractivity (Wildman–Crippen MR) is 258 cm³/mol. The summed E-state index contributed by atoms with van der Waals surface area (Å²) in [5, 5.41) is 5.62. The first kappa shape index (κ1) is 35.9. The van der Waals surface area contributed by atoms with Gasteiger partial charge < -0.3 is 4.90 Å². The Kier molecular flexibility index (Phi) is 8.47. The molecule has 0 saturated carbocycles. The molecule has 0 bridgehead atoms. The van der Waals surface area contributed by atoms with Gasteiger partial charge >= 0.3 is 0 Å². The lowest BCUT2D eigenvalue weighted by Crippen LogP contribution is -2.70. The number of aromatic nitrogens is 3. The van der Waals surface area contributed by atoms with E-state index in [0.29, 0.717) is 17.5 Å². The zero-order valence-corrected chi connectivity index (χ0v) is 34.7. The normalized spacial score (nSPS) is 14.2. The van der Waals surface area contributed by atoms with Gasteiger partial charge in [-0.3, -0.25) is 0 Å². The summed E-state index contributed by atoms with van der Waals surface area (Å²) < 4.78 is 0. The van der Waals surface area contributed by atoms with Crippen LogP contribution in [0.25, 0.3) is 67.5 Å². The van der Waals surface area contributed by atoms with Crippen molar-refractivity contribution in [1.29, 1.82) is 0 Å². The van der Waals surface area contributed by atoms with Gasteiger partial charge in [0.15, 0.2) is 25.5 Å². The van der Waals surface area contributed by atoms with Crippen LogP contribution in [-0.2, 0) is 0 Å². The SMILES string of the molecule is c1ccc(-c2nc(-c3ccccc3)nc(-c3cccc4c3-c3ccccc3[Si]43c4ccccc4-c4c(-c5ccc(N(c6ccccc6)c6ccccc6)cc5)cccc43)n2)cc1. The molecule has 1 spiro atoms. The van der Waals surface area contributed by atoms with Gasteiger partial charge in [-0.1, -0.05) is 194 Å². The van der Waals surface area contributed by atoms with Crippen LogP contribution in [0.5, 0.6) is 0 Å². The number of nitrogens with zero attached hydrogens (tertiary/aromatic N) is 4. The molecule has 1 aromatic heterocycles. The molecule has 1 unspecified atom stereocenters. The molecule has 2 aliphatic rings. The minimum absolute atomic E-state index is 0.660. The van der Waals surface area contributed by atoms with E-state index in [1.165, 1.54) is 54.1 Å². The van der Waals surface area contributed by atoms with E-state index in [2.05, 4.69) is 199 Å². The molecule has 10 aromatic rings. The van der Waals surface area contributed by atoms with Crippen molar-refractivity contribution < 1.29 is 0 Å². The molecule has 0 fully saturated rings. The summed E-state index contributed by atoms with van der Waals surface area (Å²) in [6.07, 6.45) is 0. The first-order valence-electron chi connectivity index (χ1n) is 21.1. The lowest BCUT2D eigenvalue weighted by atomic mass is 9.94. The van der Waals surface area contributed by atoms with Crippen LogP contribution in [0.1, 0.15) is 0 Å². The summed E-state index contributed by atoms with van der Waals surface area (Å²) in [4.78, 5) is 17.9. The van der Waals surface area contributed by atoms with Crippen LogP contribution in [-0.4, -0.2) is 23.0 Å². The Balaban J connectivity index is 1.05. The Morgan fingerprint density at radius 3 is 1.15 bits per heavy atom. The van der Waals surface area contributed by atoms with Gasteiger partial charge in [0.1, 0.15) is 0 Å². The molecule has 0 radical (unpaired) electrons. The van der Waals surface area contributed by atoms with Crippen molar-refractivity contribution in [1.82, 2.24) is 15.0 Å². The van der Waals surface area contributed by atoms with Crippen LogP contribution >= 0.6 is 0 Å². The van der Waals surface area contributed by atoms with Gasteiger partial charge in [-0.2, -0.15) is 0 Å². The minimum Gasteiger partial charge on any atom is -0.311 e. The Bertz CT molecular complexity index is 3190. The average Bonchev–Trinajstić information content (AvgIpc) is 3.83. The van der Waals surface area contributed by atoms with Gasteiger partial charge in [0.05, 0.1) is 0 Å². The highest BCUT2D eigenvalue weighted by atomic mass is 28.3. The summed E-state index contributed by atoms with van der Waals surface area (Å²) in [6.45, 7) is 0. The second-order valence-electron chi connectivity index (χ2n) is 15.9. The van der Waals surface area contributed by atoms with Crippen molar-refractivity contribution in [3.63, 3.8) is 0 Å². The molecule has 3 heterocycles. The largest absolute Gasteiger partial charge is 0.311 e. The highest BCUT2D eigenvalue weighted by Gasteiger charge is 2.55. The van der Waals surface area contributed by atoms with Crippen molar-refractivity contribution >= 4 is 45.9 Å². The molecule has 0 saturated heterocycles. The highest BCUT2D eigenvalue weighted by molar-refractivity contribution is 7.24. The Hall–Kier alpha value is -7.99. The predicted octanol–water partition coefficient (Wildman–Crippen LogP) is 11.3. The van der Waals surface area contributed by atoms with Crippen LogP contribution in [0.4, 0.5) is 17.1 Å². The standard InChI is InChI=1S/C57H38N4Si/c1-5-19-40(20-6-1)55-58-56(41-21-7-2-8-22-41)60-57(59-55)48-30-18-34-52-54(48)47-28-14-16-32-50(47)62(52)49-31-15-13-27-46(49)53-45(29-17-33-51(53)62)39-35-37-44(38-36-39)61(42-23-9-3-10-24-42)43-25-11-4-12-26-43/h1-38H. The molecule has 62 heavy (non-hydrogen) atoms. The second kappa shape index (κ2) is 14.6. The van der Waals surface area contributed by atoms with E-state index in [9.17, 15) is 0 Å². The Morgan fingerprint density at radius 2 is 0.629 bits per heavy atom. The number of hydrogen-bond acceptors (Lipinski definition) is 4. The van der Waals surface area contributed by atoms with Gasteiger partial charge in [-0.15, -0.1) is 0 Å². The summed E-state index contributed by atoms with van der Waals surface area (Å²) in [6, 6.07) is 82.9. The molecule has 4 nitrogen and oxygen atoms in total. The molecule has 12 rings (SSSR count). The lowest BCUT2D eigenvalue weighted by molar-refractivity contribution is 1.07. The van der Waals surface area contributed by atoms with Crippen LogP contribution in [0.15, 0.2) is 231 Å². The monoisotopic (exact) mass is 806 g/mol. The lowest BCUT2D eigenvalue weighted by Gasteiger charge is -2.28. The molecule has 0 amide bonds. The molecule has 1 atom stereocenters. The van der Waals surface area contributed by atoms with E-state index < -0.39 is 8.07 Å². The third-order valence-corrected chi connectivity index (χ3v) is 17.5. The molecule has 5 heteroatoms. The van der Waals surface area contributed by atoms with Gasteiger partial charge in [-0.05, 0) is 90.5 Å². The van der Waals surface area contributed by atoms with Crippen LogP contribution in [0, 0.1) is 0 Å². The number of para-hydroxylation sites is 2. The van der Waals surface area contributed by atoms with Crippen molar-refractivity contribution in [2.24, 2.45) is 0 Å². The Morgan fingerprint density at radius 1 is 0.258 bits per heavy atom. The molecule has 0 N–H and O–H groups in total. The first-order valence-corrected chi connectivity index (χ1v) is 23.1. The molecule has 290 valence electrons. The van der Waals surface area contributed by atoms with E-state index >= 15 is 0 Å².